The van der Waals surface area contributed by atoms with E-state index in [1.165, 1.54) is 6.42 Å². The first-order chi connectivity index (χ1) is 9.63. The first-order valence-corrected chi connectivity index (χ1v) is 7.90. The van der Waals surface area contributed by atoms with E-state index in [4.69, 9.17) is 0 Å². The number of carbonyl (C=O) groups is 1. The van der Waals surface area contributed by atoms with Crippen molar-refractivity contribution in [2.24, 2.45) is 0 Å². The first-order valence-electron chi connectivity index (χ1n) is 7.08. The smallest absolute Gasteiger partial charge is 0.322 e. The first kappa shape index (κ1) is 13.4. The number of hydrogen-bond donors (Lipinski definition) is 1. The Balaban J connectivity index is 1.76. The van der Waals surface area contributed by atoms with Gasteiger partial charge in [0.2, 0.25) is 0 Å². The lowest BCUT2D eigenvalue weighted by Crippen LogP contribution is -2.44. The molecule has 3 rings (SSSR count). The highest BCUT2D eigenvalue weighted by atomic mass is 32.1. The molecule has 1 N–H and O–H groups in total. The summed E-state index contributed by atoms with van der Waals surface area (Å²) in [4.78, 5) is 18.7. The van der Waals surface area contributed by atoms with Crippen LogP contribution in [0.5, 0.6) is 0 Å². The number of aromatic nitrogens is 1. The maximum Gasteiger partial charge on any atom is 0.322 e. The second-order valence-electron chi connectivity index (χ2n) is 5.38. The van der Waals surface area contributed by atoms with Crippen molar-refractivity contribution in [3.05, 3.63) is 23.2 Å². The quantitative estimate of drug-likeness (QED) is 0.862. The lowest BCUT2D eigenvalue weighted by atomic mass is 10.0. The molecule has 1 atom stereocenters. The largest absolute Gasteiger partial charge is 0.322 e. The van der Waals surface area contributed by atoms with Gasteiger partial charge in [0.15, 0.2) is 0 Å². The van der Waals surface area contributed by atoms with Crippen LogP contribution in [0.4, 0.5) is 10.5 Å². The molecule has 2 heterocycles. The van der Waals surface area contributed by atoms with E-state index in [0.717, 1.165) is 40.3 Å². The zero-order valence-corrected chi connectivity index (χ0v) is 12.7. The minimum absolute atomic E-state index is 0.0118. The monoisotopic (exact) mass is 289 g/mol. The molecule has 1 aromatic heterocycles. The number of thiazole rings is 1. The number of aryl methyl sites for hydroxylation is 1. The van der Waals surface area contributed by atoms with Crippen molar-refractivity contribution in [3.8, 4) is 0 Å². The van der Waals surface area contributed by atoms with Gasteiger partial charge in [0, 0.05) is 18.3 Å². The summed E-state index contributed by atoms with van der Waals surface area (Å²) in [5, 5.41) is 4.06. The van der Waals surface area contributed by atoms with Crippen molar-refractivity contribution in [2.75, 3.05) is 11.9 Å². The van der Waals surface area contributed by atoms with Gasteiger partial charge in [-0.05, 0) is 51.3 Å². The summed E-state index contributed by atoms with van der Waals surface area (Å²) in [6.07, 6.45) is 3.42. The standard InChI is InChI=1S/C15H19N3OS/c1-10-5-3-4-8-18(10)15(19)17-12-6-7-13-14(9-12)20-11(2)16-13/h6-7,9-10H,3-5,8H2,1-2H3,(H,17,19). The maximum absolute atomic E-state index is 12.3. The predicted molar refractivity (Wildman–Crippen MR) is 83.4 cm³/mol. The minimum atomic E-state index is 0.0118. The third kappa shape index (κ3) is 2.63. The summed E-state index contributed by atoms with van der Waals surface area (Å²) in [6.45, 7) is 4.97. The Labute approximate surface area is 122 Å². The number of nitrogens with zero attached hydrogens (tertiary/aromatic N) is 2. The van der Waals surface area contributed by atoms with Gasteiger partial charge < -0.3 is 10.2 Å². The SMILES string of the molecule is Cc1nc2ccc(NC(=O)N3CCCCC3C)cc2s1. The lowest BCUT2D eigenvalue weighted by Gasteiger charge is -2.33. The second kappa shape index (κ2) is 5.40. The highest BCUT2D eigenvalue weighted by Gasteiger charge is 2.23. The van der Waals surface area contributed by atoms with E-state index in [9.17, 15) is 4.79 Å². The highest BCUT2D eigenvalue weighted by molar-refractivity contribution is 7.18. The fourth-order valence-electron chi connectivity index (χ4n) is 2.71. The molecule has 0 radical (unpaired) electrons. The number of hydrogen-bond acceptors (Lipinski definition) is 3. The number of carbonyl (C=O) groups excluding carboxylic acids is 1. The molecule has 0 saturated carbocycles. The topological polar surface area (TPSA) is 45.2 Å². The lowest BCUT2D eigenvalue weighted by molar-refractivity contribution is 0.170. The van der Waals surface area contributed by atoms with Crippen LogP contribution < -0.4 is 5.32 Å². The number of rotatable bonds is 1. The fraction of sp³-hybridized carbons (Fsp3) is 0.467. The molecule has 1 saturated heterocycles. The van der Waals surface area contributed by atoms with Crippen molar-refractivity contribution in [1.82, 2.24) is 9.88 Å². The number of anilines is 1. The molecule has 0 aliphatic carbocycles. The van der Waals surface area contributed by atoms with Crippen LogP contribution in [-0.2, 0) is 0 Å². The molecular formula is C15H19N3OS. The van der Waals surface area contributed by atoms with E-state index in [1.54, 1.807) is 11.3 Å². The molecule has 0 spiro atoms. The van der Waals surface area contributed by atoms with Crippen molar-refractivity contribution >= 4 is 33.3 Å². The van der Waals surface area contributed by atoms with E-state index in [-0.39, 0.29) is 6.03 Å². The van der Waals surface area contributed by atoms with Crippen LogP contribution in [-0.4, -0.2) is 28.5 Å². The van der Waals surface area contributed by atoms with Gasteiger partial charge in [-0.3, -0.25) is 0 Å². The Bertz CT molecular complexity index is 637. The number of fused-ring (bicyclic) bond motifs is 1. The van der Waals surface area contributed by atoms with E-state index >= 15 is 0 Å². The van der Waals surface area contributed by atoms with E-state index in [2.05, 4.69) is 17.2 Å². The van der Waals surface area contributed by atoms with Crippen LogP contribution in [0.3, 0.4) is 0 Å². The van der Waals surface area contributed by atoms with Gasteiger partial charge in [-0.2, -0.15) is 0 Å². The van der Waals surface area contributed by atoms with Crippen molar-refractivity contribution in [1.29, 1.82) is 0 Å². The molecule has 1 aromatic carbocycles. The van der Waals surface area contributed by atoms with Gasteiger partial charge in [-0.25, -0.2) is 9.78 Å². The molecular weight excluding hydrogens is 270 g/mol. The third-order valence-corrected chi connectivity index (χ3v) is 4.74. The minimum Gasteiger partial charge on any atom is -0.322 e. The van der Waals surface area contributed by atoms with E-state index < -0.39 is 0 Å². The van der Waals surface area contributed by atoms with Crippen LogP contribution in [0.15, 0.2) is 18.2 Å². The average molecular weight is 289 g/mol. The van der Waals surface area contributed by atoms with Crippen molar-refractivity contribution in [3.63, 3.8) is 0 Å². The Morgan fingerprint density at radius 2 is 2.30 bits per heavy atom. The van der Waals surface area contributed by atoms with Crippen LogP contribution in [0, 0.1) is 6.92 Å². The van der Waals surface area contributed by atoms with Gasteiger partial charge in [-0.1, -0.05) is 0 Å². The van der Waals surface area contributed by atoms with Crippen LogP contribution in [0.1, 0.15) is 31.2 Å². The number of likely N-dealkylation sites (tertiary alicyclic amines) is 1. The summed E-state index contributed by atoms with van der Waals surface area (Å²) in [5.41, 5.74) is 1.85. The summed E-state index contributed by atoms with van der Waals surface area (Å²) in [5.74, 6) is 0. The third-order valence-electron chi connectivity index (χ3n) is 3.81. The highest BCUT2D eigenvalue weighted by Crippen LogP contribution is 2.25. The van der Waals surface area contributed by atoms with Gasteiger partial charge in [-0.15, -0.1) is 11.3 Å². The van der Waals surface area contributed by atoms with Crippen molar-refractivity contribution in [2.45, 2.75) is 39.2 Å². The zero-order chi connectivity index (χ0) is 14.1. The molecule has 0 bridgehead atoms. The summed E-state index contributed by atoms with van der Waals surface area (Å²) >= 11 is 1.65. The zero-order valence-electron chi connectivity index (χ0n) is 11.8. The Hall–Kier alpha value is -1.62. The Morgan fingerprint density at radius 3 is 3.10 bits per heavy atom. The van der Waals surface area contributed by atoms with E-state index in [0.29, 0.717) is 6.04 Å². The predicted octanol–water partition coefficient (Wildman–Crippen LogP) is 4.01. The number of amides is 2. The number of benzene rings is 1. The molecule has 20 heavy (non-hydrogen) atoms. The molecule has 5 heteroatoms. The molecule has 106 valence electrons. The summed E-state index contributed by atoms with van der Waals surface area (Å²) in [7, 11) is 0. The van der Waals surface area contributed by atoms with Gasteiger partial charge in [0.1, 0.15) is 0 Å². The van der Waals surface area contributed by atoms with Crippen LogP contribution in [0.2, 0.25) is 0 Å². The van der Waals surface area contributed by atoms with E-state index in [1.807, 2.05) is 30.0 Å². The fourth-order valence-corrected chi connectivity index (χ4v) is 3.58. The molecule has 1 aliphatic rings. The number of urea groups is 1. The second-order valence-corrected chi connectivity index (χ2v) is 6.62. The average Bonchev–Trinajstić information content (AvgIpc) is 2.78. The van der Waals surface area contributed by atoms with Crippen LogP contribution in [0.25, 0.3) is 10.2 Å². The van der Waals surface area contributed by atoms with Gasteiger partial charge in [0.05, 0.1) is 15.2 Å². The molecule has 1 fully saturated rings. The molecule has 1 aliphatic heterocycles. The molecule has 2 aromatic rings. The summed E-state index contributed by atoms with van der Waals surface area (Å²) < 4.78 is 1.12. The number of nitrogens with one attached hydrogen (secondary N) is 1. The molecule has 2 amide bonds. The Morgan fingerprint density at radius 1 is 1.45 bits per heavy atom. The van der Waals surface area contributed by atoms with Gasteiger partial charge in [0.25, 0.3) is 0 Å². The Kier molecular flexibility index (Phi) is 3.61. The molecule has 4 nitrogen and oxygen atoms in total. The maximum atomic E-state index is 12.3. The van der Waals surface area contributed by atoms with Crippen LogP contribution >= 0.6 is 11.3 Å². The normalized spacial score (nSPS) is 19.3. The number of piperidine rings is 1. The molecule has 1 unspecified atom stereocenters. The van der Waals surface area contributed by atoms with Gasteiger partial charge >= 0.3 is 6.03 Å². The van der Waals surface area contributed by atoms with Crippen molar-refractivity contribution < 1.29 is 4.79 Å². The summed E-state index contributed by atoms with van der Waals surface area (Å²) in [6, 6.07) is 6.24.